The van der Waals surface area contributed by atoms with Crippen molar-refractivity contribution >= 4 is 34.4 Å². The minimum Gasteiger partial charge on any atom is -0.360 e. The molecular formula is C14H14ClN3O2. The maximum atomic E-state index is 12.1. The van der Waals surface area contributed by atoms with Crippen molar-refractivity contribution in [1.29, 1.82) is 0 Å². The van der Waals surface area contributed by atoms with Crippen LogP contribution in [-0.4, -0.2) is 34.4 Å². The highest BCUT2D eigenvalue weighted by Gasteiger charge is 2.37. The van der Waals surface area contributed by atoms with Crippen LogP contribution in [0.25, 0.3) is 10.9 Å². The minimum atomic E-state index is -0.500. The van der Waals surface area contributed by atoms with Crippen molar-refractivity contribution in [3.8, 4) is 0 Å². The number of imide groups is 1. The molecule has 2 heterocycles. The molecule has 1 aromatic heterocycles. The summed E-state index contributed by atoms with van der Waals surface area (Å²) in [4.78, 5) is 28.1. The van der Waals surface area contributed by atoms with E-state index in [1.54, 1.807) is 6.92 Å². The second-order valence-corrected chi connectivity index (χ2v) is 5.17. The number of amides is 3. The molecule has 1 atom stereocenters. The number of likely N-dealkylation sites (N-methyl/N-ethyl adjacent to an activating group) is 1. The summed E-state index contributed by atoms with van der Waals surface area (Å²) in [6, 6.07) is 4.81. The van der Waals surface area contributed by atoms with Crippen molar-refractivity contribution < 1.29 is 9.59 Å². The Kier molecular flexibility index (Phi) is 3.14. The number of halogens is 1. The van der Waals surface area contributed by atoms with Crippen molar-refractivity contribution in [2.45, 2.75) is 19.4 Å². The van der Waals surface area contributed by atoms with Gasteiger partial charge in [0.15, 0.2) is 0 Å². The number of aromatic nitrogens is 1. The number of nitrogens with one attached hydrogen (secondary N) is 2. The van der Waals surface area contributed by atoms with Gasteiger partial charge >= 0.3 is 6.03 Å². The number of rotatable bonds is 3. The van der Waals surface area contributed by atoms with Crippen molar-refractivity contribution in [3.63, 3.8) is 0 Å². The molecule has 3 amide bonds. The third-order valence-corrected chi connectivity index (χ3v) is 3.91. The van der Waals surface area contributed by atoms with Gasteiger partial charge in [-0.15, -0.1) is 0 Å². The van der Waals surface area contributed by atoms with Crippen LogP contribution in [0.5, 0.6) is 0 Å². The molecule has 3 rings (SSSR count). The molecule has 0 spiro atoms. The van der Waals surface area contributed by atoms with Crippen molar-refractivity contribution in [2.75, 3.05) is 6.54 Å². The lowest BCUT2D eigenvalue weighted by Crippen LogP contribution is -2.32. The summed E-state index contributed by atoms with van der Waals surface area (Å²) in [6.07, 6.45) is 2.30. The highest BCUT2D eigenvalue weighted by Crippen LogP contribution is 2.26. The smallest absolute Gasteiger partial charge is 0.324 e. The second kappa shape index (κ2) is 4.83. The molecule has 0 bridgehead atoms. The summed E-state index contributed by atoms with van der Waals surface area (Å²) in [7, 11) is 0. The number of nitrogens with zero attached hydrogens (tertiary/aromatic N) is 1. The van der Waals surface area contributed by atoms with E-state index in [1.807, 2.05) is 24.4 Å². The Labute approximate surface area is 120 Å². The summed E-state index contributed by atoms with van der Waals surface area (Å²) in [5.74, 6) is -0.172. The molecule has 0 saturated carbocycles. The lowest BCUT2D eigenvalue weighted by Gasteiger charge is -2.09. The third-order valence-electron chi connectivity index (χ3n) is 3.60. The van der Waals surface area contributed by atoms with Crippen LogP contribution >= 0.6 is 11.6 Å². The van der Waals surface area contributed by atoms with Crippen LogP contribution in [0.1, 0.15) is 12.5 Å². The summed E-state index contributed by atoms with van der Waals surface area (Å²) < 4.78 is 0. The summed E-state index contributed by atoms with van der Waals surface area (Å²) in [6.45, 7) is 2.17. The molecule has 2 aromatic rings. The van der Waals surface area contributed by atoms with Crippen molar-refractivity contribution in [1.82, 2.24) is 15.2 Å². The number of hydrogen-bond acceptors (Lipinski definition) is 2. The Morgan fingerprint density at radius 2 is 2.15 bits per heavy atom. The molecule has 20 heavy (non-hydrogen) atoms. The van der Waals surface area contributed by atoms with Gasteiger partial charge in [0, 0.05) is 24.5 Å². The number of fused-ring (bicyclic) bond motifs is 1. The predicted octanol–water partition coefficient (Wildman–Crippen LogP) is 2.30. The lowest BCUT2D eigenvalue weighted by molar-refractivity contribution is -0.127. The Hall–Kier alpha value is -2.01. The molecule has 0 radical (unpaired) electrons. The topological polar surface area (TPSA) is 65.2 Å². The number of benzene rings is 1. The van der Waals surface area contributed by atoms with Crippen molar-refractivity contribution in [3.05, 3.63) is 35.0 Å². The Morgan fingerprint density at radius 3 is 2.85 bits per heavy atom. The normalized spacial score (nSPS) is 18.9. The van der Waals surface area contributed by atoms with E-state index in [9.17, 15) is 9.59 Å². The number of para-hydroxylation sites is 1. The van der Waals surface area contributed by atoms with Gasteiger partial charge in [-0.05, 0) is 18.6 Å². The van der Waals surface area contributed by atoms with E-state index in [4.69, 9.17) is 11.6 Å². The van der Waals surface area contributed by atoms with Gasteiger partial charge in [-0.3, -0.25) is 9.69 Å². The van der Waals surface area contributed by atoms with Gasteiger partial charge in [-0.25, -0.2) is 4.79 Å². The molecule has 0 aliphatic carbocycles. The highest BCUT2D eigenvalue weighted by atomic mass is 35.5. The average Bonchev–Trinajstić information content (AvgIpc) is 2.94. The molecule has 1 aromatic carbocycles. The van der Waals surface area contributed by atoms with E-state index in [0.717, 1.165) is 16.5 Å². The Morgan fingerprint density at radius 1 is 1.35 bits per heavy atom. The fourth-order valence-electron chi connectivity index (χ4n) is 2.58. The monoisotopic (exact) mass is 291 g/mol. The molecule has 1 aliphatic heterocycles. The molecule has 0 unspecified atom stereocenters. The maximum absolute atomic E-state index is 12.1. The molecule has 1 aliphatic rings. The van der Waals surface area contributed by atoms with Crippen LogP contribution in [0.2, 0.25) is 5.02 Å². The maximum Gasteiger partial charge on any atom is 0.324 e. The van der Waals surface area contributed by atoms with E-state index in [1.165, 1.54) is 4.90 Å². The zero-order valence-corrected chi connectivity index (χ0v) is 11.7. The van der Waals surface area contributed by atoms with Crippen LogP contribution in [-0.2, 0) is 11.2 Å². The summed E-state index contributed by atoms with van der Waals surface area (Å²) in [5, 5.41) is 4.34. The van der Waals surface area contributed by atoms with Crippen LogP contribution in [0.3, 0.4) is 0 Å². The van der Waals surface area contributed by atoms with Gasteiger partial charge in [0.1, 0.15) is 6.04 Å². The van der Waals surface area contributed by atoms with E-state index in [2.05, 4.69) is 10.3 Å². The molecule has 6 heteroatoms. The van der Waals surface area contributed by atoms with Crippen molar-refractivity contribution in [2.24, 2.45) is 0 Å². The number of urea groups is 1. The van der Waals surface area contributed by atoms with Crippen LogP contribution in [0.4, 0.5) is 4.79 Å². The number of aromatic amines is 1. The van der Waals surface area contributed by atoms with E-state index in [-0.39, 0.29) is 11.9 Å². The molecule has 5 nitrogen and oxygen atoms in total. The lowest BCUT2D eigenvalue weighted by atomic mass is 10.1. The first kappa shape index (κ1) is 13.0. The Balaban J connectivity index is 1.89. The SMILES string of the molecule is CCN1C(=O)N[C@@H](Cc2c[nH]c3c(Cl)cccc23)C1=O. The fourth-order valence-corrected chi connectivity index (χ4v) is 2.81. The van der Waals surface area contributed by atoms with Gasteiger partial charge in [-0.1, -0.05) is 23.7 Å². The zero-order valence-electron chi connectivity index (χ0n) is 10.9. The number of H-pyrrole nitrogens is 1. The predicted molar refractivity (Wildman–Crippen MR) is 76.7 cm³/mol. The molecule has 1 fully saturated rings. The van der Waals surface area contributed by atoms with E-state index in [0.29, 0.717) is 18.0 Å². The standard InChI is InChI=1S/C14H14ClN3O2/c1-2-18-13(19)11(17-14(18)20)6-8-7-16-12-9(8)4-3-5-10(12)15/h3-5,7,11,16H,2,6H2,1H3,(H,17,20)/t11-/m0/s1. The van der Waals surface area contributed by atoms with Gasteiger partial charge < -0.3 is 10.3 Å². The number of carbonyl (C=O) groups excluding carboxylic acids is 2. The number of hydrogen-bond donors (Lipinski definition) is 2. The second-order valence-electron chi connectivity index (χ2n) is 4.77. The van der Waals surface area contributed by atoms with Gasteiger partial charge in [0.25, 0.3) is 5.91 Å². The van der Waals surface area contributed by atoms with E-state index < -0.39 is 6.04 Å². The van der Waals surface area contributed by atoms with Crippen LogP contribution < -0.4 is 5.32 Å². The molecular weight excluding hydrogens is 278 g/mol. The first-order valence-corrected chi connectivity index (χ1v) is 6.86. The first-order chi connectivity index (χ1) is 9.61. The fraction of sp³-hybridized carbons (Fsp3) is 0.286. The Bertz CT molecular complexity index is 695. The summed E-state index contributed by atoms with van der Waals surface area (Å²) in [5.41, 5.74) is 1.83. The minimum absolute atomic E-state index is 0.172. The van der Waals surface area contributed by atoms with Crippen LogP contribution in [0, 0.1) is 0 Å². The van der Waals surface area contributed by atoms with Crippen LogP contribution in [0.15, 0.2) is 24.4 Å². The number of carbonyl (C=O) groups is 2. The first-order valence-electron chi connectivity index (χ1n) is 6.48. The largest absolute Gasteiger partial charge is 0.360 e. The summed E-state index contributed by atoms with van der Waals surface area (Å²) >= 11 is 6.11. The molecule has 1 saturated heterocycles. The molecule has 2 N–H and O–H groups in total. The highest BCUT2D eigenvalue weighted by molar-refractivity contribution is 6.35. The zero-order chi connectivity index (χ0) is 14.3. The van der Waals surface area contributed by atoms with Gasteiger partial charge in [0.2, 0.25) is 0 Å². The third kappa shape index (κ3) is 1.94. The van der Waals surface area contributed by atoms with E-state index >= 15 is 0 Å². The molecule has 104 valence electrons. The average molecular weight is 292 g/mol. The van der Waals surface area contributed by atoms with Gasteiger partial charge in [-0.2, -0.15) is 0 Å². The quantitative estimate of drug-likeness (QED) is 0.852. The van der Waals surface area contributed by atoms with Gasteiger partial charge in [0.05, 0.1) is 10.5 Å².